The molecule has 0 spiro atoms. The number of carbonyl (C=O) groups excluding carboxylic acids is 1. The Bertz CT molecular complexity index is 315. The number of aliphatic carboxylic acids is 1. The van der Waals surface area contributed by atoms with Crippen LogP contribution >= 0.6 is 0 Å². The van der Waals surface area contributed by atoms with Gasteiger partial charge in [-0.2, -0.15) is 0 Å². The Morgan fingerprint density at radius 3 is 2.18 bits per heavy atom. The lowest BCUT2D eigenvalue weighted by Crippen LogP contribution is -2.59. The molecule has 1 fully saturated rings. The standard InChI is InChI=1S/C12H21NO4/c1-11(2,3)5-6-13(4)9(14)12(10(15)16)7-17-8-12/h5-8H2,1-4H3,(H,15,16). The van der Waals surface area contributed by atoms with Gasteiger partial charge in [0.1, 0.15) is 0 Å². The zero-order valence-corrected chi connectivity index (χ0v) is 10.9. The van der Waals surface area contributed by atoms with Gasteiger partial charge in [-0.1, -0.05) is 20.8 Å². The molecule has 1 heterocycles. The van der Waals surface area contributed by atoms with Crippen molar-refractivity contribution in [3.8, 4) is 0 Å². The summed E-state index contributed by atoms with van der Waals surface area (Å²) in [7, 11) is 1.65. The largest absolute Gasteiger partial charge is 0.480 e. The van der Waals surface area contributed by atoms with Gasteiger partial charge in [0.2, 0.25) is 5.91 Å². The van der Waals surface area contributed by atoms with Crippen LogP contribution < -0.4 is 0 Å². The summed E-state index contributed by atoms with van der Waals surface area (Å²) in [5, 5.41) is 9.10. The molecule has 1 saturated heterocycles. The molecule has 1 aliphatic rings. The Morgan fingerprint density at radius 2 is 1.88 bits per heavy atom. The number of hydrogen-bond donors (Lipinski definition) is 1. The van der Waals surface area contributed by atoms with E-state index in [1.165, 1.54) is 4.90 Å². The zero-order valence-electron chi connectivity index (χ0n) is 10.9. The summed E-state index contributed by atoms with van der Waals surface area (Å²) in [5.41, 5.74) is -1.21. The predicted molar refractivity (Wildman–Crippen MR) is 62.6 cm³/mol. The van der Waals surface area contributed by atoms with Gasteiger partial charge in [0, 0.05) is 13.6 Å². The van der Waals surface area contributed by atoms with Crippen LogP contribution in [0.15, 0.2) is 0 Å². The average molecular weight is 243 g/mol. The lowest BCUT2D eigenvalue weighted by atomic mass is 9.84. The van der Waals surface area contributed by atoms with Crippen LogP contribution in [0.1, 0.15) is 27.2 Å². The van der Waals surface area contributed by atoms with Crippen molar-refractivity contribution in [3.63, 3.8) is 0 Å². The van der Waals surface area contributed by atoms with Crippen LogP contribution in [0.2, 0.25) is 0 Å². The highest BCUT2D eigenvalue weighted by molar-refractivity contribution is 6.03. The highest BCUT2D eigenvalue weighted by Crippen LogP contribution is 2.30. The third kappa shape index (κ3) is 2.97. The van der Waals surface area contributed by atoms with Crippen LogP contribution in [0.5, 0.6) is 0 Å². The second-order valence-corrected chi connectivity index (χ2v) is 5.92. The summed E-state index contributed by atoms with van der Waals surface area (Å²) < 4.78 is 4.89. The fourth-order valence-electron chi connectivity index (χ4n) is 1.61. The fraction of sp³-hybridized carbons (Fsp3) is 0.833. The van der Waals surface area contributed by atoms with Crippen LogP contribution in [0.4, 0.5) is 0 Å². The third-order valence-corrected chi connectivity index (χ3v) is 3.06. The molecule has 1 rings (SSSR count). The molecule has 0 bridgehead atoms. The number of rotatable bonds is 4. The van der Waals surface area contributed by atoms with Crippen LogP contribution in [-0.4, -0.2) is 48.7 Å². The zero-order chi connectivity index (χ0) is 13.3. The molecule has 0 aromatic rings. The van der Waals surface area contributed by atoms with E-state index in [4.69, 9.17) is 9.84 Å². The van der Waals surface area contributed by atoms with E-state index in [0.29, 0.717) is 6.54 Å². The summed E-state index contributed by atoms with van der Waals surface area (Å²) in [5.74, 6) is -1.43. The Balaban J connectivity index is 2.60. The number of ether oxygens (including phenoxy) is 1. The van der Waals surface area contributed by atoms with Crippen LogP contribution in [0.25, 0.3) is 0 Å². The minimum Gasteiger partial charge on any atom is -0.480 e. The molecule has 98 valence electrons. The first-order valence-corrected chi connectivity index (χ1v) is 5.76. The lowest BCUT2D eigenvalue weighted by molar-refractivity contribution is -0.190. The summed E-state index contributed by atoms with van der Waals surface area (Å²) >= 11 is 0. The van der Waals surface area contributed by atoms with E-state index in [1.807, 2.05) is 0 Å². The molecule has 5 heteroatoms. The number of hydrogen-bond acceptors (Lipinski definition) is 3. The third-order valence-electron chi connectivity index (χ3n) is 3.06. The number of carbonyl (C=O) groups is 2. The topological polar surface area (TPSA) is 66.8 Å². The fourth-order valence-corrected chi connectivity index (χ4v) is 1.61. The molecule has 1 amide bonds. The van der Waals surface area contributed by atoms with Crippen molar-refractivity contribution in [2.75, 3.05) is 26.8 Å². The molecule has 0 unspecified atom stereocenters. The molecule has 0 atom stereocenters. The summed E-state index contributed by atoms with van der Waals surface area (Å²) in [6, 6.07) is 0. The van der Waals surface area contributed by atoms with Crippen LogP contribution in [-0.2, 0) is 14.3 Å². The Hall–Kier alpha value is -1.10. The molecule has 1 aliphatic heterocycles. The molecule has 17 heavy (non-hydrogen) atoms. The Morgan fingerprint density at radius 1 is 1.35 bits per heavy atom. The first-order chi connectivity index (χ1) is 7.69. The lowest BCUT2D eigenvalue weighted by Gasteiger charge is -2.38. The molecule has 0 aromatic carbocycles. The second-order valence-electron chi connectivity index (χ2n) is 5.92. The maximum atomic E-state index is 12.1. The second kappa shape index (κ2) is 4.64. The van der Waals surface area contributed by atoms with Crippen molar-refractivity contribution >= 4 is 11.9 Å². The first kappa shape index (κ1) is 14.0. The van der Waals surface area contributed by atoms with Gasteiger partial charge in [0.05, 0.1) is 13.2 Å². The summed E-state index contributed by atoms with van der Waals surface area (Å²) in [6.45, 7) is 6.81. The molecular formula is C12H21NO4. The minimum atomic E-state index is -1.34. The van der Waals surface area contributed by atoms with Crippen molar-refractivity contribution in [2.45, 2.75) is 27.2 Å². The normalized spacial score (nSPS) is 18.4. The highest BCUT2D eigenvalue weighted by atomic mass is 16.5. The van der Waals surface area contributed by atoms with E-state index in [-0.39, 0.29) is 24.5 Å². The van der Waals surface area contributed by atoms with E-state index >= 15 is 0 Å². The monoisotopic (exact) mass is 243 g/mol. The summed E-state index contributed by atoms with van der Waals surface area (Å²) in [6.07, 6.45) is 0.839. The quantitative estimate of drug-likeness (QED) is 0.747. The molecule has 5 nitrogen and oxygen atoms in total. The van der Waals surface area contributed by atoms with Gasteiger partial charge < -0.3 is 14.7 Å². The maximum Gasteiger partial charge on any atom is 0.324 e. The first-order valence-electron chi connectivity index (χ1n) is 5.76. The Labute approximate surface area is 102 Å². The number of carboxylic acids is 1. The van der Waals surface area contributed by atoms with Crippen molar-refractivity contribution in [2.24, 2.45) is 10.8 Å². The van der Waals surface area contributed by atoms with E-state index in [2.05, 4.69) is 20.8 Å². The molecule has 0 aliphatic carbocycles. The van der Waals surface area contributed by atoms with Gasteiger partial charge in [-0.25, -0.2) is 0 Å². The molecule has 0 radical (unpaired) electrons. The van der Waals surface area contributed by atoms with Crippen molar-refractivity contribution < 1.29 is 19.4 Å². The van der Waals surface area contributed by atoms with Gasteiger partial charge in [0.15, 0.2) is 5.41 Å². The SMILES string of the molecule is CN(CCC(C)(C)C)C(=O)C1(C(=O)O)COC1. The van der Waals surface area contributed by atoms with Crippen molar-refractivity contribution in [3.05, 3.63) is 0 Å². The molecule has 1 N–H and O–H groups in total. The van der Waals surface area contributed by atoms with Gasteiger partial charge in [-0.15, -0.1) is 0 Å². The molecule has 0 aromatic heterocycles. The van der Waals surface area contributed by atoms with E-state index in [1.54, 1.807) is 7.05 Å². The van der Waals surface area contributed by atoms with Crippen LogP contribution in [0, 0.1) is 10.8 Å². The van der Waals surface area contributed by atoms with E-state index < -0.39 is 11.4 Å². The molecular weight excluding hydrogens is 222 g/mol. The van der Waals surface area contributed by atoms with Gasteiger partial charge in [-0.05, 0) is 11.8 Å². The predicted octanol–water partition coefficient (Wildman–Crippen LogP) is 0.982. The van der Waals surface area contributed by atoms with E-state index in [0.717, 1.165) is 6.42 Å². The van der Waals surface area contributed by atoms with Gasteiger partial charge >= 0.3 is 5.97 Å². The van der Waals surface area contributed by atoms with Crippen LogP contribution in [0.3, 0.4) is 0 Å². The van der Waals surface area contributed by atoms with Crippen molar-refractivity contribution in [1.82, 2.24) is 4.90 Å². The smallest absolute Gasteiger partial charge is 0.324 e. The highest BCUT2D eigenvalue weighted by Gasteiger charge is 2.54. The van der Waals surface area contributed by atoms with E-state index in [9.17, 15) is 9.59 Å². The number of nitrogens with zero attached hydrogens (tertiary/aromatic N) is 1. The minimum absolute atomic E-state index is 0.0129. The number of carboxylic acid groups (broad SMARTS) is 1. The summed E-state index contributed by atoms with van der Waals surface area (Å²) in [4.78, 5) is 24.7. The van der Waals surface area contributed by atoms with Crippen molar-refractivity contribution in [1.29, 1.82) is 0 Å². The average Bonchev–Trinajstić information content (AvgIpc) is 2.10. The maximum absolute atomic E-state index is 12.1. The van der Waals surface area contributed by atoms with Gasteiger partial charge in [-0.3, -0.25) is 9.59 Å². The number of amides is 1. The molecule has 0 saturated carbocycles. The Kier molecular flexibility index (Phi) is 3.81. The van der Waals surface area contributed by atoms with Gasteiger partial charge in [0.25, 0.3) is 0 Å².